The summed E-state index contributed by atoms with van der Waals surface area (Å²) in [6.07, 6.45) is 3.24. The molecule has 0 aliphatic rings. The smallest absolute Gasteiger partial charge is 0.337 e. The first kappa shape index (κ1) is 20.9. The number of esters is 2. The number of pyridine rings is 3. The summed E-state index contributed by atoms with van der Waals surface area (Å²) in [6, 6.07) is 19.7. The molecule has 0 bridgehead atoms. The molecule has 7 nitrogen and oxygen atoms in total. The molecule has 0 unspecified atom stereocenters. The third kappa shape index (κ3) is 4.37. The lowest BCUT2D eigenvalue weighted by molar-refractivity contribution is 0.0592. The lowest BCUT2D eigenvalue weighted by atomic mass is 10.0. The van der Waals surface area contributed by atoms with Crippen molar-refractivity contribution in [2.45, 2.75) is 0 Å². The van der Waals surface area contributed by atoms with E-state index in [1.165, 1.54) is 14.2 Å². The quantitative estimate of drug-likeness (QED) is 0.436. The summed E-state index contributed by atoms with van der Waals surface area (Å²) in [5, 5.41) is 0. The van der Waals surface area contributed by atoms with E-state index in [2.05, 4.69) is 9.97 Å². The highest BCUT2D eigenvalue weighted by molar-refractivity contribution is 5.91. The van der Waals surface area contributed by atoms with Gasteiger partial charge in [0.25, 0.3) is 0 Å². The molecule has 0 saturated carbocycles. The van der Waals surface area contributed by atoms with Crippen LogP contribution in [0.1, 0.15) is 20.7 Å². The summed E-state index contributed by atoms with van der Waals surface area (Å²) in [4.78, 5) is 37.3. The maximum Gasteiger partial charge on any atom is 0.337 e. The van der Waals surface area contributed by atoms with Crippen LogP contribution in [0.5, 0.6) is 0 Å². The van der Waals surface area contributed by atoms with Crippen LogP contribution in [0.2, 0.25) is 0 Å². The van der Waals surface area contributed by atoms with E-state index < -0.39 is 11.9 Å². The Morgan fingerprint density at radius 2 is 1.28 bits per heavy atom. The molecule has 32 heavy (non-hydrogen) atoms. The van der Waals surface area contributed by atoms with Crippen LogP contribution in [0.4, 0.5) is 0 Å². The van der Waals surface area contributed by atoms with E-state index in [1.54, 1.807) is 36.7 Å². The van der Waals surface area contributed by atoms with E-state index in [0.29, 0.717) is 33.9 Å². The molecule has 0 aliphatic carbocycles. The number of carbonyl (C=O) groups excluding carboxylic acids is 2. The van der Waals surface area contributed by atoms with E-state index in [-0.39, 0.29) is 0 Å². The minimum Gasteiger partial charge on any atom is -0.465 e. The highest BCUT2D eigenvalue weighted by Gasteiger charge is 2.13. The maximum absolute atomic E-state index is 12.0. The van der Waals surface area contributed by atoms with Crippen LogP contribution in [0.3, 0.4) is 0 Å². The third-order valence-corrected chi connectivity index (χ3v) is 4.84. The predicted molar refractivity (Wildman–Crippen MR) is 119 cm³/mol. The van der Waals surface area contributed by atoms with Crippen molar-refractivity contribution in [2.24, 2.45) is 0 Å². The molecule has 0 spiro atoms. The maximum atomic E-state index is 12.0. The largest absolute Gasteiger partial charge is 0.465 e. The van der Waals surface area contributed by atoms with Gasteiger partial charge in [-0.25, -0.2) is 14.6 Å². The van der Waals surface area contributed by atoms with Crippen molar-refractivity contribution >= 4 is 11.9 Å². The van der Waals surface area contributed by atoms with Crippen LogP contribution in [-0.4, -0.2) is 41.1 Å². The van der Waals surface area contributed by atoms with Crippen molar-refractivity contribution in [1.82, 2.24) is 15.0 Å². The van der Waals surface area contributed by atoms with E-state index in [1.807, 2.05) is 42.5 Å². The van der Waals surface area contributed by atoms with Gasteiger partial charge in [0.05, 0.1) is 48.1 Å². The van der Waals surface area contributed by atoms with Gasteiger partial charge in [0.1, 0.15) is 0 Å². The first-order chi connectivity index (χ1) is 15.6. The Labute approximate surface area is 184 Å². The topological polar surface area (TPSA) is 91.3 Å². The fourth-order valence-electron chi connectivity index (χ4n) is 3.21. The van der Waals surface area contributed by atoms with Crippen LogP contribution in [0.25, 0.3) is 33.9 Å². The molecule has 0 amide bonds. The molecule has 158 valence electrons. The Bertz CT molecular complexity index is 1270. The van der Waals surface area contributed by atoms with Gasteiger partial charge in [0.15, 0.2) is 0 Å². The molecule has 1 aromatic carbocycles. The van der Waals surface area contributed by atoms with Crippen molar-refractivity contribution in [3.63, 3.8) is 0 Å². The number of carbonyl (C=O) groups is 2. The van der Waals surface area contributed by atoms with Crippen molar-refractivity contribution in [3.05, 3.63) is 90.3 Å². The predicted octanol–water partition coefficient (Wildman–Crippen LogP) is 4.45. The fourth-order valence-corrected chi connectivity index (χ4v) is 3.21. The molecule has 4 rings (SSSR count). The van der Waals surface area contributed by atoms with Gasteiger partial charge in [-0.1, -0.05) is 18.2 Å². The van der Waals surface area contributed by atoms with Gasteiger partial charge in [-0.3, -0.25) is 9.97 Å². The number of hydrogen-bond donors (Lipinski definition) is 0. The summed E-state index contributed by atoms with van der Waals surface area (Å²) < 4.78 is 9.59. The van der Waals surface area contributed by atoms with Crippen LogP contribution in [-0.2, 0) is 9.47 Å². The fraction of sp³-hybridized carbons (Fsp3) is 0.0800. The lowest BCUT2D eigenvalue weighted by Crippen LogP contribution is -2.02. The zero-order chi connectivity index (χ0) is 22.5. The molecule has 0 radical (unpaired) electrons. The number of aromatic nitrogens is 3. The second kappa shape index (κ2) is 9.18. The van der Waals surface area contributed by atoms with Gasteiger partial charge in [0, 0.05) is 12.4 Å². The molecule has 3 heterocycles. The Morgan fingerprint density at radius 3 is 1.94 bits per heavy atom. The van der Waals surface area contributed by atoms with Crippen LogP contribution in [0.15, 0.2) is 79.1 Å². The van der Waals surface area contributed by atoms with Crippen molar-refractivity contribution in [2.75, 3.05) is 14.2 Å². The molecule has 3 aromatic heterocycles. The third-order valence-electron chi connectivity index (χ3n) is 4.84. The highest BCUT2D eigenvalue weighted by atomic mass is 16.5. The van der Waals surface area contributed by atoms with Gasteiger partial charge in [-0.05, 0) is 59.7 Å². The number of benzene rings is 1. The van der Waals surface area contributed by atoms with Gasteiger partial charge in [-0.2, -0.15) is 0 Å². The molecular weight excluding hydrogens is 406 g/mol. The Kier molecular flexibility index (Phi) is 5.98. The SMILES string of the molecule is COC(=O)c1ccc(-c2cc(-c3ccccn3)nc(-c3cc(C(=O)OC)ccn3)c2)cc1. The number of rotatable bonds is 5. The van der Waals surface area contributed by atoms with E-state index in [9.17, 15) is 9.59 Å². The summed E-state index contributed by atoms with van der Waals surface area (Å²) in [5.74, 6) is -0.849. The van der Waals surface area contributed by atoms with E-state index in [0.717, 1.165) is 11.1 Å². The van der Waals surface area contributed by atoms with Gasteiger partial charge >= 0.3 is 11.9 Å². The zero-order valence-electron chi connectivity index (χ0n) is 17.5. The minimum absolute atomic E-state index is 0.381. The normalized spacial score (nSPS) is 10.4. The Hall–Kier alpha value is -4.39. The Morgan fingerprint density at radius 1 is 0.625 bits per heavy atom. The molecule has 4 aromatic rings. The molecule has 0 aliphatic heterocycles. The monoisotopic (exact) mass is 425 g/mol. The number of hydrogen-bond acceptors (Lipinski definition) is 7. The second-order valence-corrected chi connectivity index (χ2v) is 6.83. The van der Waals surface area contributed by atoms with Crippen molar-refractivity contribution in [1.29, 1.82) is 0 Å². The molecule has 0 N–H and O–H groups in total. The van der Waals surface area contributed by atoms with Crippen molar-refractivity contribution in [3.8, 4) is 33.9 Å². The average molecular weight is 425 g/mol. The zero-order valence-corrected chi connectivity index (χ0v) is 17.5. The molecule has 0 atom stereocenters. The van der Waals surface area contributed by atoms with E-state index >= 15 is 0 Å². The molecule has 0 fully saturated rings. The Balaban J connectivity index is 1.84. The number of nitrogens with zero attached hydrogens (tertiary/aromatic N) is 3. The first-order valence-electron chi connectivity index (χ1n) is 9.76. The average Bonchev–Trinajstić information content (AvgIpc) is 2.88. The van der Waals surface area contributed by atoms with Crippen LogP contribution in [0, 0.1) is 0 Å². The number of ether oxygens (including phenoxy) is 2. The minimum atomic E-state index is -0.451. The summed E-state index contributed by atoms with van der Waals surface area (Å²) >= 11 is 0. The van der Waals surface area contributed by atoms with Gasteiger partial charge < -0.3 is 9.47 Å². The summed E-state index contributed by atoms with van der Waals surface area (Å²) in [6.45, 7) is 0. The van der Waals surface area contributed by atoms with Crippen LogP contribution < -0.4 is 0 Å². The standard InChI is InChI=1S/C25H19N3O4/c1-31-24(29)17-8-6-16(7-9-17)19-14-22(20-5-3-4-11-26-20)28-23(15-19)21-13-18(10-12-27-21)25(30)32-2/h3-15H,1-2H3. The summed E-state index contributed by atoms with van der Waals surface area (Å²) in [5.41, 5.74) is 5.03. The number of methoxy groups -OCH3 is 2. The second-order valence-electron chi connectivity index (χ2n) is 6.83. The highest BCUT2D eigenvalue weighted by Crippen LogP contribution is 2.29. The molecule has 0 saturated heterocycles. The van der Waals surface area contributed by atoms with E-state index in [4.69, 9.17) is 14.5 Å². The molecule has 7 heteroatoms. The lowest BCUT2D eigenvalue weighted by Gasteiger charge is -2.10. The first-order valence-corrected chi connectivity index (χ1v) is 9.76. The van der Waals surface area contributed by atoms with Gasteiger partial charge in [0.2, 0.25) is 0 Å². The summed E-state index contributed by atoms with van der Waals surface area (Å²) in [7, 11) is 2.68. The molecular formula is C25H19N3O4. The van der Waals surface area contributed by atoms with Crippen molar-refractivity contribution < 1.29 is 19.1 Å². The van der Waals surface area contributed by atoms with Crippen LogP contribution >= 0.6 is 0 Å². The van der Waals surface area contributed by atoms with Gasteiger partial charge in [-0.15, -0.1) is 0 Å².